The lowest BCUT2D eigenvalue weighted by Crippen LogP contribution is -2.38. The van der Waals surface area contributed by atoms with Crippen LogP contribution in [-0.2, 0) is 13.5 Å². The van der Waals surface area contributed by atoms with Crippen LogP contribution in [0.4, 0.5) is 4.79 Å². The standard InChI is InChI=1S/C25H23N7O4/c1-30(13-12-20-27-22(29-36-20)16-8-5-4-6-9-16)24(33)32-19-15-26-21(28-23(19)31(2)25(32)34)17-10-7-11-18(14-17)35-3/h4-11,14-15H,12-13H2,1-3H3. The molecule has 5 aromatic rings. The molecule has 0 unspecified atom stereocenters. The molecule has 11 heteroatoms. The van der Waals surface area contributed by atoms with Gasteiger partial charge in [-0.3, -0.25) is 4.57 Å². The highest BCUT2D eigenvalue weighted by Crippen LogP contribution is 2.22. The Morgan fingerprint density at radius 1 is 1.06 bits per heavy atom. The minimum Gasteiger partial charge on any atom is -0.497 e. The Labute approximate surface area is 205 Å². The van der Waals surface area contributed by atoms with Gasteiger partial charge in [-0.1, -0.05) is 47.6 Å². The van der Waals surface area contributed by atoms with Crippen LogP contribution in [0.3, 0.4) is 0 Å². The van der Waals surface area contributed by atoms with E-state index in [4.69, 9.17) is 9.26 Å². The minimum absolute atomic E-state index is 0.265. The summed E-state index contributed by atoms with van der Waals surface area (Å²) in [5.74, 6) is 1.95. The average Bonchev–Trinajstić information content (AvgIpc) is 3.50. The fourth-order valence-electron chi connectivity index (χ4n) is 3.79. The van der Waals surface area contributed by atoms with Gasteiger partial charge in [0, 0.05) is 38.2 Å². The number of aromatic nitrogens is 6. The summed E-state index contributed by atoms with van der Waals surface area (Å²) in [6.07, 6.45) is 1.81. The van der Waals surface area contributed by atoms with Crippen LogP contribution in [-0.4, -0.2) is 60.9 Å². The number of hydrogen-bond acceptors (Lipinski definition) is 8. The number of benzene rings is 2. The second-order valence-corrected chi connectivity index (χ2v) is 8.14. The third kappa shape index (κ3) is 4.22. The fraction of sp³-hybridized carbons (Fsp3) is 0.200. The van der Waals surface area contributed by atoms with Crippen molar-refractivity contribution in [3.05, 3.63) is 77.2 Å². The van der Waals surface area contributed by atoms with Gasteiger partial charge in [0.2, 0.25) is 11.7 Å². The van der Waals surface area contributed by atoms with E-state index in [2.05, 4.69) is 20.1 Å². The number of rotatable bonds is 6. The second-order valence-electron chi connectivity index (χ2n) is 8.14. The lowest BCUT2D eigenvalue weighted by atomic mass is 10.2. The molecule has 0 fully saturated rings. The third-order valence-electron chi connectivity index (χ3n) is 5.79. The molecule has 0 spiro atoms. The molecule has 0 atom stereocenters. The van der Waals surface area contributed by atoms with Gasteiger partial charge in [-0.05, 0) is 12.1 Å². The summed E-state index contributed by atoms with van der Waals surface area (Å²) in [5.41, 5.74) is 1.72. The van der Waals surface area contributed by atoms with Gasteiger partial charge < -0.3 is 14.2 Å². The average molecular weight is 486 g/mol. The highest BCUT2D eigenvalue weighted by atomic mass is 16.5. The largest absolute Gasteiger partial charge is 0.497 e. The highest BCUT2D eigenvalue weighted by Gasteiger charge is 2.22. The molecule has 182 valence electrons. The van der Waals surface area contributed by atoms with Gasteiger partial charge in [0.1, 0.15) is 11.3 Å². The zero-order valence-corrected chi connectivity index (χ0v) is 20.0. The van der Waals surface area contributed by atoms with Crippen molar-refractivity contribution >= 4 is 17.2 Å². The van der Waals surface area contributed by atoms with Crippen LogP contribution in [0.25, 0.3) is 33.9 Å². The molecule has 3 heterocycles. The van der Waals surface area contributed by atoms with Gasteiger partial charge in [0.05, 0.1) is 13.3 Å². The van der Waals surface area contributed by atoms with Gasteiger partial charge in [0.15, 0.2) is 11.5 Å². The van der Waals surface area contributed by atoms with Crippen molar-refractivity contribution in [1.29, 1.82) is 0 Å². The summed E-state index contributed by atoms with van der Waals surface area (Å²) in [7, 11) is 4.75. The van der Waals surface area contributed by atoms with E-state index >= 15 is 0 Å². The van der Waals surface area contributed by atoms with Crippen molar-refractivity contribution in [3.63, 3.8) is 0 Å². The Morgan fingerprint density at radius 3 is 2.61 bits per heavy atom. The molecule has 0 radical (unpaired) electrons. The van der Waals surface area contributed by atoms with Crippen molar-refractivity contribution < 1.29 is 14.1 Å². The molecule has 0 N–H and O–H groups in total. The van der Waals surface area contributed by atoms with Crippen LogP contribution in [0.1, 0.15) is 5.89 Å². The van der Waals surface area contributed by atoms with E-state index in [0.29, 0.717) is 40.9 Å². The van der Waals surface area contributed by atoms with E-state index in [1.165, 1.54) is 15.7 Å². The number of carbonyl (C=O) groups is 1. The number of nitrogens with zero attached hydrogens (tertiary/aromatic N) is 7. The molecule has 0 aliphatic rings. The summed E-state index contributed by atoms with van der Waals surface area (Å²) >= 11 is 0. The number of aryl methyl sites for hydroxylation is 1. The first-order chi connectivity index (χ1) is 17.5. The lowest BCUT2D eigenvalue weighted by Gasteiger charge is -2.16. The Balaban J connectivity index is 1.37. The normalized spacial score (nSPS) is 11.1. The number of ether oxygens (including phenoxy) is 1. The van der Waals surface area contributed by atoms with Crippen molar-refractivity contribution in [2.75, 3.05) is 20.7 Å². The second kappa shape index (κ2) is 9.45. The van der Waals surface area contributed by atoms with Crippen molar-refractivity contribution in [3.8, 4) is 28.5 Å². The number of carbonyl (C=O) groups excluding carboxylic acids is 1. The SMILES string of the molecule is COc1cccc(-c2ncc3c(n2)n(C)c(=O)n3C(=O)N(C)CCc2nc(-c3ccccc3)no2)c1. The molecule has 11 nitrogen and oxygen atoms in total. The Hall–Kier alpha value is -4.80. The van der Waals surface area contributed by atoms with Gasteiger partial charge in [-0.15, -0.1) is 0 Å². The van der Waals surface area contributed by atoms with Crippen LogP contribution in [0.5, 0.6) is 5.75 Å². The van der Waals surface area contributed by atoms with Crippen molar-refractivity contribution in [2.45, 2.75) is 6.42 Å². The van der Waals surface area contributed by atoms with E-state index < -0.39 is 11.7 Å². The van der Waals surface area contributed by atoms with Crippen LogP contribution in [0, 0.1) is 0 Å². The summed E-state index contributed by atoms with van der Waals surface area (Å²) < 4.78 is 13.0. The molecule has 0 aliphatic carbocycles. The zero-order valence-electron chi connectivity index (χ0n) is 20.0. The predicted octanol–water partition coefficient (Wildman–Crippen LogP) is 3.00. The van der Waals surface area contributed by atoms with E-state index in [0.717, 1.165) is 15.7 Å². The van der Waals surface area contributed by atoms with Gasteiger partial charge in [-0.2, -0.15) is 4.98 Å². The molecular formula is C25H23N7O4. The molecule has 0 bridgehead atoms. The van der Waals surface area contributed by atoms with E-state index in [-0.39, 0.29) is 6.54 Å². The number of likely N-dealkylation sites (N-methyl/N-ethyl adjacent to an activating group) is 1. The molecule has 5 rings (SSSR count). The van der Waals surface area contributed by atoms with Crippen molar-refractivity contribution in [1.82, 2.24) is 34.1 Å². The van der Waals surface area contributed by atoms with Crippen molar-refractivity contribution in [2.24, 2.45) is 7.05 Å². The maximum atomic E-state index is 13.2. The molecular weight excluding hydrogens is 462 g/mol. The molecule has 1 amide bonds. The summed E-state index contributed by atoms with van der Waals surface area (Å²) in [6.45, 7) is 0.265. The molecule has 36 heavy (non-hydrogen) atoms. The summed E-state index contributed by atoms with van der Waals surface area (Å²) in [5, 5.41) is 4.00. The minimum atomic E-state index is -0.511. The lowest BCUT2D eigenvalue weighted by molar-refractivity contribution is 0.209. The first kappa shape index (κ1) is 23.0. The predicted molar refractivity (Wildman–Crippen MR) is 132 cm³/mol. The van der Waals surface area contributed by atoms with Crippen LogP contribution >= 0.6 is 0 Å². The number of methoxy groups -OCH3 is 1. The zero-order chi connectivity index (χ0) is 25.2. The molecule has 0 saturated carbocycles. The Kier molecular flexibility index (Phi) is 6.03. The Bertz CT molecular complexity index is 1600. The molecule has 2 aromatic carbocycles. The highest BCUT2D eigenvalue weighted by molar-refractivity contribution is 5.88. The van der Waals surface area contributed by atoms with Crippen LogP contribution in [0.2, 0.25) is 0 Å². The van der Waals surface area contributed by atoms with E-state index in [1.54, 1.807) is 27.3 Å². The van der Waals surface area contributed by atoms with E-state index in [9.17, 15) is 9.59 Å². The van der Waals surface area contributed by atoms with E-state index in [1.807, 2.05) is 48.5 Å². The fourth-order valence-corrected chi connectivity index (χ4v) is 3.79. The summed E-state index contributed by atoms with van der Waals surface area (Å²) in [4.78, 5) is 40.9. The number of fused-ring (bicyclic) bond motifs is 1. The molecule has 3 aromatic heterocycles. The molecule has 0 aliphatic heterocycles. The van der Waals surface area contributed by atoms with Gasteiger partial charge in [0.25, 0.3) is 0 Å². The first-order valence-electron chi connectivity index (χ1n) is 11.2. The number of amides is 1. The quantitative estimate of drug-likeness (QED) is 0.360. The van der Waals surface area contributed by atoms with Gasteiger partial charge >= 0.3 is 11.7 Å². The number of hydrogen-bond donors (Lipinski definition) is 0. The third-order valence-corrected chi connectivity index (χ3v) is 5.79. The number of imidazole rings is 1. The molecule has 0 saturated heterocycles. The summed E-state index contributed by atoms with van der Waals surface area (Å²) in [6, 6.07) is 16.3. The Morgan fingerprint density at radius 2 is 1.83 bits per heavy atom. The van der Waals surface area contributed by atoms with Gasteiger partial charge in [-0.25, -0.2) is 24.1 Å². The monoisotopic (exact) mass is 485 g/mol. The maximum Gasteiger partial charge on any atom is 0.338 e. The smallest absolute Gasteiger partial charge is 0.338 e. The van der Waals surface area contributed by atoms with Crippen LogP contribution in [0.15, 0.2) is 70.1 Å². The maximum absolute atomic E-state index is 13.2. The topological polar surface area (TPSA) is 121 Å². The first-order valence-corrected chi connectivity index (χ1v) is 11.2. The van der Waals surface area contributed by atoms with Crippen LogP contribution < -0.4 is 10.4 Å².